The van der Waals surface area contributed by atoms with Crippen LogP contribution in [0, 0.1) is 6.92 Å². The summed E-state index contributed by atoms with van der Waals surface area (Å²) in [5.41, 5.74) is 0.816. The molecule has 1 heteroatoms. The number of rotatable bonds is 0. The lowest BCUT2D eigenvalue weighted by Crippen LogP contribution is -1.88. The van der Waals surface area contributed by atoms with E-state index >= 15 is 0 Å². The van der Waals surface area contributed by atoms with E-state index in [0.717, 1.165) is 27.1 Å². The van der Waals surface area contributed by atoms with Crippen LogP contribution in [0.1, 0.15) is 5.56 Å². The Morgan fingerprint density at radius 3 is 1.95 bits per heavy atom. The van der Waals surface area contributed by atoms with E-state index in [4.69, 9.17) is 0 Å². The second-order valence-electron chi connectivity index (χ2n) is 6.01. The first-order chi connectivity index (χ1) is 10.8. The molecule has 0 fully saturated rings. The van der Waals surface area contributed by atoms with E-state index in [2.05, 4.69) is 48.5 Å². The van der Waals surface area contributed by atoms with Crippen LogP contribution in [0.4, 0.5) is 0 Å². The molecular weight excluding hydrogens is 268 g/mol. The first kappa shape index (κ1) is 11.8. The summed E-state index contributed by atoms with van der Waals surface area (Å²) in [4.78, 5) is 0. The molecule has 0 aliphatic rings. The predicted molar refractivity (Wildman–Crippen MR) is 92.5 cm³/mol. The van der Waals surface area contributed by atoms with Crippen LogP contribution in [-0.2, 0) is 5.11 Å². The van der Waals surface area contributed by atoms with E-state index in [1.807, 2.05) is 19.1 Å². The number of hydrogen-bond acceptors (Lipinski definition) is 0. The predicted octanol–water partition coefficient (Wildman–Crippen LogP) is 6.19. The van der Waals surface area contributed by atoms with Crippen LogP contribution in [0.15, 0.2) is 60.7 Å². The van der Waals surface area contributed by atoms with Crippen molar-refractivity contribution in [2.45, 2.75) is 6.92 Å². The Balaban J connectivity index is 2.31. The number of benzene rings is 5. The van der Waals surface area contributed by atoms with Gasteiger partial charge in [-0.2, -0.15) is 0 Å². The smallest absolute Gasteiger partial charge is 0.190 e. The lowest BCUT2D eigenvalue weighted by atomic mass is 9.88. The van der Waals surface area contributed by atoms with Crippen molar-refractivity contribution in [1.82, 2.24) is 0 Å². The SMILES string of the molecule is Cc1cc2cccc3c4cccc5cccc(c(c1[O])c23)c54. The summed E-state index contributed by atoms with van der Waals surface area (Å²) < 4.78 is 0. The van der Waals surface area contributed by atoms with E-state index < -0.39 is 0 Å². The molecule has 0 aliphatic heterocycles. The third-order valence-electron chi connectivity index (χ3n) is 4.77. The Bertz CT molecular complexity index is 1180. The first-order valence-electron chi connectivity index (χ1n) is 7.51. The van der Waals surface area contributed by atoms with Gasteiger partial charge in [-0.1, -0.05) is 54.6 Å². The molecule has 1 nitrogen and oxygen atoms in total. The average Bonchev–Trinajstić information content (AvgIpc) is 2.55. The van der Waals surface area contributed by atoms with Gasteiger partial charge < -0.3 is 0 Å². The van der Waals surface area contributed by atoms with Crippen LogP contribution < -0.4 is 0 Å². The van der Waals surface area contributed by atoms with E-state index in [1.165, 1.54) is 21.5 Å². The van der Waals surface area contributed by atoms with Gasteiger partial charge in [0.25, 0.3) is 0 Å². The Morgan fingerprint density at radius 2 is 1.23 bits per heavy atom. The quantitative estimate of drug-likeness (QED) is 0.238. The van der Waals surface area contributed by atoms with Crippen molar-refractivity contribution < 1.29 is 5.11 Å². The molecule has 5 rings (SSSR count). The van der Waals surface area contributed by atoms with E-state index in [1.54, 1.807) is 0 Å². The van der Waals surface area contributed by atoms with Crippen molar-refractivity contribution in [2.24, 2.45) is 0 Å². The average molecular weight is 281 g/mol. The summed E-state index contributed by atoms with van der Waals surface area (Å²) in [5.74, 6) is 0.155. The minimum Gasteiger partial charge on any atom is -0.289 e. The molecule has 22 heavy (non-hydrogen) atoms. The van der Waals surface area contributed by atoms with Gasteiger partial charge in [0.05, 0.1) is 0 Å². The molecule has 103 valence electrons. The zero-order chi connectivity index (χ0) is 14.8. The zero-order valence-electron chi connectivity index (χ0n) is 12.2. The fourth-order valence-corrected chi connectivity index (χ4v) is 3.83. The molecule has 5 aromatic carbocycles. The molecule has 0 saturated heterocycles. The van der Waals surface area contributed by atoms with Crippen LogP contribution in [0.25, 0.3) is 43.1 Å². The number of hydrogen-bond donors (Lipinski definition) is 0. The summed E-state index contributed by atoms with van der Waals surface area (Å²) in [6.07, 6.45) is 0. The molecular formula is C21H13O. The molecule has 5 aromatic rings. The van der Waals surface area contributed by atoms with E-state index in [0.29, 0.717) is 0 Å². The summed E-state index contributed by atoms with van der Waals surface area (Å²) in [6, 6.07) is 20.9. The van der Waals surface area contributed by atoms with Gasteiger partial charge in [0, 0.05) is 10.8 Å². The molecule has 0 spiro atoms. The molecule has 0 N–H and O–H groups in total. The second-order valence-corrected chi connectivity index (χ2v) is 6.01. The lowest BCUT2D eigenvalue weighted by Gasteiger charge is -2.15. The van der Waals surface area contributed by atoms with Crippen molar-refractivity contribution >= 4 is 43.1 Å². The maximum Gasteiger partial charge on any atom is 0.190 e. The van der Waals surface area contributed by atoms with Crippen LogP contribution >= 0.6 is 0 Å². The van der Waals surface area contributed by atoms with Crippen LogP contribution in [0.2, 0.25) is 0 Å². The Labute approximate surface area is 127 Å². The van der Waals surface area contributed by atoms with Gasteiger partial charge in [-0.05, 0) is 50.9 Å². The van der Waals surface area contributed by atoms with Crippen LogP contribution in [0.5, 0.6) is 5.75 Å². The van der Waals surface area contributed by atoms with Crippen molar-refractivity contribution in [3.8, 4) is 5.75 Å². The molecule has 0 heterocycles. The van der Waals surface area contributed by atoms with Crippen LogP contribution in [-0.4, -0.2) is 0 Å². The third-order valence-corrected chi connectivity index (χ3v) is 4.77. The number of aryl methyl sites for hydroxylation is 1. The van der Waals surface area contributed by atoms with E-state index in [-0.39, 0.29) is 5.75 Å². The standard InChI is InChI=1S/C21H13O/c1-12-11-14-7-4-9-16-15-8-2-5-13-6-3-10-17(18(13)15)20(19(14)16)21(12)22/h2-11H,1H3. The number of fused-ring (bicyclic) bond motifs is 2. The van der Waals surface area contributed by atoms with Crippen molar-refractivity contribution in [1.29, 1.82) is 0 Å². The Hall–Kier alpha value is -2.80. The Morgan fingerprint density at radius 1 is 0.636 bits per heavy atom. The largest absolute Gasteiger partial charge is 0.289 e. The fraction of sp³-hybridized carbons (Fsp3) is 0.0476. The maximum absolute atomic E-state index is 12.8. The van der Waals surface area contributed by atoms with Gasteiger partial charge in [-0.15, -0.1) is 0 Å². The topological polar surface area (TPSA) is 19.9 Å². The highest BCUT2D eigenvalue weighted by Crippen LogP contribution is 2.44. The van der Waals surface area contributed by atoms with Gasteiger partial charge in [0.1, 0.15) is 0 Å². The van der Waals surface area contributed by atoms with Crippen molar-refractivity contribution in [3.63, 3.8) is 0 Å². The minimum absolute atomic E-state index is 0.155. The highest BCUT2D eigenvalue weighted by Gasteiger charge is 2.17. The lowest BCUT2D eigenvalue weighted by molar-refractivity contribution is 0.357. The van der Waals surface area contributed by atoms with Crippen molar-refractivity contribution in [2.75, 3.05) is 0 Å². The summed E-state index contributed by atoms with van der Waals surface area (Å²) in [6.45, 7) is 1.91. The zero-order valence-corrected chi connectivity index (χ0v) is 12.2. The third kappa shape index (κ3) is 1.29. The summed E-state index contributed by atoms with van der Waals surface area (Å²) >= 11 is 0. The fourth-order valence-electron chi connectivity index (χ4n) is 3.83. The molecule has 0 amide bonds. The van der Waals surface area contributed by atoms with Gasteiger partial charge in [-0.25, -0.2) is 0 Å². The first-order valence-corrected chi connectivity index (χ1v) is 7.51. The van der Waals surface area contributed by atoms with Gasteiger partial charge in [0.2, 0.25) is 0 Å². The van der Waals surface area contributed by atoms with Gasteiger partial charge in [0.15, 0.2) is 5.75 Å². The molecule has 0 atom stereocenters. The van der Waals surface area contributed by atoms with Gasteiger partial charge >= 0.3 is 0 Å². The molecule has 0 unspecified atom stereocenters. The van der Waals surface area contributed by atoms with E-state index in [9.17, 15) is 5.11 Å². The van der Waals surface area contributed by atoms with Gasteiger partial charge in [-0.3, -0.25) is 5.11 Å². The maximum atomic E-state index is 12.8. The molecule has 1 radical (unpaired) electrons. The monoisotopic (exact) mass is 281 g/mol. The van der Waals surface area contributed by atoms with Crippen molar-refractivity contribution in [3.05, 3.63) is 66.2 Å². The Kier molecular flexibility index (Phi) is 2.09. The minimum atomic E-state index is 0.155. The normalized spacial score (nSPS) is 12.0. The summed E-state index contributed by atoms with van der Waals surface area (Å²) in [5, 5.41) is 21.8. The second kappa shape index (κ2) is 3.89. The summed E-state index contributed by atoms with van der Waals surface area (Å²) in [7, 11) is 0. The highest BCUT2D eigenvalue weighted by molar-refractivity contribution is 6.34. The molecule has 0 bridgehead atoms. The molecule has 0 aliphatic carbocycles. The van der Waals surface area contributed by atoms with Crippen LogP contribution in [0.3, 0.4) is 0 Å². The molecule has 0 aromatic heterocycles. The molecule has 0 saturated carbocycles. The highest BCUT2D eigenvalue weighted by atomic mass is 16.3.